The monoisotopic (exact) mass is 410 g/mol. The number of anilines is 1. The van der Waals surface area contributed by atoms with Crippen molar-refractivity contribution in [1.29, 1.82) is 0 Å². The van der Waals surface area contributed by atoms with E-state index in [1.807, 2.05) is 38.1 Å². The topological polar surface area (TPSA) is 84.7 Å². The van der Waals surface area contributed by atoms with E-state index in [1.54, 1.807) is 23.3 Å². The van der Waals surface area contributed by atoms with Crippen LogP contribution in [0, 0.1) is 6.92 Å². The van der Waals surface area contributed by atoms with Gasteiger partial charge in [0, 0.05) is 29.0 Å². The third kappa shape index (κ3) is 4.56. The lowest BCUT2D eigenvalue weighted by atomic mass is 10.0. The number of amides is 1. The number of rotatable bonds is 7. The molecule has 0 aliphatic heterocycles. The van der Waals surface area contributed by atoms with Gasteiger partial charge >= 0.3 is 0 Å². The fourth-order valence-corrected chi connectivity index (χ4v) is 3.29. The number of aryl methyl sites for hydroxylation is 1. The molecule has 8 heteroatoms. The third-order valence-corrected chi connectivity index (χ3v) is 5.12. The first kappa shape index (κ1) is 19.4. The number of hydrogen-bond acceptors (Lipinski definition) is 5. The lowest BCUT2D eigenvalue weighted by Crippen LogP contribution is -2.27. The van der Waals surface area contributed by atoms with Crippen LogP contribution in [0.4, 0.5) is 5.95 Å². The summed E-state index contributed by atoms with van der Waals surface area (Å²) in [6.45, 7) is 3.94. The SMILES string of the molecule is CC[C@@H](NC(=O)c1cnn(-c2nc(NC3CC3)ncc2C)c1)c1cccc(Cl)c1. The van der Waals surface area contributed by atoms with Crippen molar-refractivity contribution in [3.05, 3.63) is 64.6 Å². The van der Waals surface area contributed by atoms with Crippen LogP contribution >= 0.6 is 11.6 Å². The molecule has 0 saturated heterocycles. The van der Waals surface area contributed by atoms with Gasteiger partial charge in [-0.2, -0.15) is 10.1 Å². The molecule has 29 heavy (non-hydrogen) atoms. The maximum absolute atomic E-state index is 12.8. The van der Waals surface area contributed by atoms with Crippen LogP contribution in [-0.4, -0.2) is 31.7 Å². The minimum Gasteiger partial charge on any atom is -0.351 e. The Labute approximate surface area is 174 Å². The lowest BCUT2D eigenvalue weighted by molar-refractivity contribution is 0.0935. The molecule has 2 heterocycles. The van der Waals surface area contributed by atoms with Gasteiger partial charge in [-0.15, -0.1) is 0 Å². The van der Waals surface area contributed by atoms with Crippen molar-refractivity contribution in [3.8, 4) is 5.82 Å². The van der Waals surface area contributed by atoms with E-state index in [2.05, 4.69) is 25.7 Å². The zero-order valence-corrected chi connectivity index (χ0v) is 17.1. The van der Waals surface area contributed by atoms with Gasteiger partial charge in [0.2, 0.25) is 5.95 Å². The van der Waals surface area contributed by atoms with Crippen molar-refractivity contribution in [3.63, 3.8) is 0 Å². The highest BCUT2D eigenvalue weighted by molar-refractivity contribution is 6.30. The first-order valence-corrected chi connectivity index (χ1v) is 10.1. The molecule has 2 aromatic heterocycles. The average molecular weight is 411 g/mol. The van der Waals surface area contributed by atoms with E-state index >= 15 is 0 Å². The van der Waals surface area contributed by atoms with Crippen molar-refractivity contribution >= 4 is 23.5 Å². The van der Waals surface area contributed by atoms with Crippen LogP contribution < -0.4 is 10.6 Å². The molecule has 0 spiro atoms. The van der Waals surface area contributed by atoms with Crippen LogP contribution in [0.3, 0.4) is 0 Å². The van der Waals surface area contributed by atoms with Crippen molar-refractivity contribution in [2.75, 3.05) is 5.32 Å². The average Bonchev–Trinajstić information content (AvgIpc) is 3.39. The van der Waals surface area contributed by atoms with E-state index in [1.165, 1.54) is 0 Å². The van der Waals surface area contributed by atoms with E-state index in [9.17, 15) is 4.79 Å². The predicted molar refractivity (Wildman–Crippen MR) is 112 cm³/mol. The fourth-order valence-electron chi connectivity index (χ4n) is 3.09. The molecule has 3 aromatic rings. The van der Waals surface area contributed by atoms with Crippen molar-refractivity contribution in [2.24, 2.45) is 0 Å². The number of benzene rings is 1. The molecular weight excluding hydrogens is 388 g/mol. The molecule has 1 aromatic carbocycles. The normalized spacial score (nSPS) is 14.4. The first-order valence-electron chi connectivity index (χ1n) is 9.75. The molecule has 1 aliphatic rings. The summed E-state index contributed by atoms with van der Waals surface area (Å²) >= 11 is 6.09. The van der Waals surface area contributed by atoms with Crippen LogP contribution in [0.25, 0.3) is 5.82 Å². The Balaban J connectivity index is 1.51. The summed E-state index contributed by atoms with van der Waals surface area (Å²) < 4.78 is 1.62. The van der Waals surface area contributed by atoms with Gasteiger partial charge in [0.15, 0.2) is 5.82 Å². The van der Waals surface area contributed by atoms with Crippen LogP contribution in [-0.2, 0) is 0 Å². The molecule has 1 amide bonds. The second-order valence-corrected chi connectivity index (χ2v) is 7.72. The molecule has 4 rings (SSSR count). The molecule has 1 fully saturated rings. The van der Waals surface area contributed by atoms with Crippen LogP contribution in [0.15, 0.2) is 42.9 Å². The molecule has 150 valence electrons. The molecule has 1 atom stereocenters. The molecule has 1 saturated carbocycles. The third-order valence-electron chi connectivity index (χ3n) is 4.88. The van der Waals surface area contributed by atoms with Crippen molar-refractivity contribution in [2.45, 2.75) is 45.2 Å². The predicted octanol–water partition coefficient (Wildman–Crippen LogP) is 4.08. The van der Waals surface area contributed by atoms with Crippen molar-refractivity contribution < 1.29 is 4.79 Å². The maximum Gasteiger partial charge on any atom is 0.254 e. The molecule has 0 radical (unpaired) electrons. The second kappa shape index (κ2) is 8.21. The largest absolute Gasteiger partial charge is 0.351 e. The number of aromatic nitrogens is 4. The van der Waals surface area contributed by atoms with Gasteiger partial charge in [0.1, 0.15) is 0 Å². The highest BCUT2D eigenvalue weighted by Gasteiger charge is 2.22. The summed E-state index contributed by atoms with van der Waals surface area (Å²) in [7, 11) is 0. The minimum absolute atomic E-state index is 0.125. The van der Waals surface area contributed by atoms with Gasteiger partial charge in [-0.3, -0.25) is 4.79 Å². The summed E-state index contributed by atoms with van der Waals surface area (Å²) in [4.78, 5) is 21.7. The molecule has 0 bridgehead atoms. The smallest absolute Gasteiger partial charge is 0.254 e. The highest BCUT2D eigenvalue weighted by Crippen LogP contribution is 2.24. The van der Waals surface area contributed by atoms with Gasteiger partial charge < -0.3 is 10.6 Å². The Kier molecular flexibility index (Phi) is 5.49. The number of halogens is 1. The summed E-state index contributed by atoms with van der Waals surface area (Å²) in [5.41, 5.74) is 2.33. The van der Waals surface area contributed by atoms with Crippen LogP contribution in [0.2, 0.25) is 5.02 Å². The number of hydrogen-bond donors (Lipinski definition) is 2. The maximum atomic E-state index is 12.8. The van der Waals surface area contributed by atoms with E-state index in [0.29, 0.717) is 28.4 Å². The quantitative estimate of drug-likeness (QED) is 0.613. The zero-order chi connectivity index (χ0) is 20.4. The zero-order valence-electron chi connectivity index (χ0n) is 16.4. The van der Waals surface area contributed by atoms with Gasteiger partial charge in [-0.25, -0.2) is 9.67 Å². The van der Waals surface area contributed by atoms with E-state index in [4.69, 9.17) is 11.6 Å². The standard InChI is InChI=1S/C21H23ClN6O/c1-3-18(14-5-4-6-16(22)9-14)26-20(29)15-11-24-28(12-15)19-13(2)10-23-21(27-19)25-17-7-8-17/h4-6,9-12,17-18H,3,7-8H2,1-2H3,(H,26,29)(H,23,25,27)/t18-/m1/s1. The second-order valence-electron chi connectivity index (χ2n) is 7.28. The van der Waals surface area contributed by atoms with E-state index in [-0.39, 0.29) is 11.9 Å². The lowest BCUT2D eigenvalue weighted by Gasteiger charge is -2.17. The van der Waals surface area contributed by atoms with Gasteiger partial charge in [-0.1, -0.05) is 30.7 Å². The first-order chi connectivity index (χ1) is 14.0. The highest BCUT2D eigenvalue weighted by atomic mass is 35.5. The summed E-state index contributed by atoms with van der Waals surface area (Å²) in [5.74, 6) is 1.05. The molecule has 2 N–H and O–H groups in total. The number of nitrogens with zero attached hydrogens (tertiary/aromatic N) is 4. The van der Waals surface area contributed by atoms with Gasteiger partial charge in [-0.05, 0) is 43.9 Å². The van der Waals surface area contributed by atoms with Gasteiger partial charge in [0.05, 0.1) is 17.8 Å². The Morgan fingerprint density at radius 2 is 2.17 bits per heavy atom. The Morgan fingerprint density at radius 3 is 2.90 bits per heavy atom. The van der Waals surface area contributed by atoms with E-state index in [0.717, 1.165) is 30.4 Å². The van der Waals surface area contributed by atoms with Crippen molar-refractivity contribution in [1.82, 2.24) is 25.1 Å². The van der Waals surface area contributed by atoms with Gasteiger partial charge in [0.25, 0.3) is 5.91 Å². The molecule has 0 unspecified atom stereocenters. The minimum atomic E-state index is -0.189. The number of nitrogens with one attached hydrogen (secondary N) is 2. The van der Waals surface area contributed by atoms with Crippen LogP contribution in [0.1, 0.15) is 53.7 Å². The molecule has 7 nitrogen and oxygen atoms in total. The Hall–Kier alpha value is -2.93. The Bertz CT molecular complexity index is 1030. The fraction of sp³-hybridized carbons (Fsp3) is 0.333. The number of carbonyl (C=O) groups is 1. The molecular formula is C21H23ClN6O. The Morgan fingerprint density at radius 1 is 1.34 bits per heavy atom. The van der Waals surface area contributed by atoms with E-state index < -0.39 is 0 Å². The summed E-state index contributed by atoms with van der Waals surface area (Å²) in [5, 5.41) is 11.3. The van der Waals surface area contributed by atoms with Crippen LogP contribution in [0.5, 0.6) is 0 Å². The summed E-state index contributed by atoms with van der Waals surface area (Å²) in [6, 6.07) is 7.87. The number of carbonyl (C=O) groups excluding carboxylic acids is 1. The molecule has 1 aliphatic carbocycles. The summed E-state index contributed by atoms with van der Waals surface area (Å²) in [6.07, 6.45) is 8.04.